The third-order valence-corrected chi connectivity index (χ3v) is 2.94. The third kappa shape index (κ3) is 7.06. The molecule has 1 heteroatoms. The van der Waals surface area contributed by atoms with Crippen LogP contribution in [0, 0.1) is 17.8 Å². The average Bonchev–Trinajstić information content (AvgIpc) is 2.04. The molecule has 0 saturated heterocycles. The van der Waals surface area contributed by atoms with Crippen LogP contribution >= 0.6 is 0 Å². The Morgan fingerprint density at radius 3 is 2.00 bits per heavy atom. The molecular formula is C12H27N. The van der Waals surface area contributed by atoms with Crippen LogP contribution in [0.4, 0.5) is 0 Å². The van der Waals surface area contributed by atoms with Crippen molar-refractivity contribution in [1.82, 2.24) is 5.32 Å². The fourth-order valence-corrected chi connectivity index (χ4v) is 1.66. The minimum Gasteiger partial charge on any atom is -0.319 e. The first kappa shape index (κ1) is 13.0. The zero-order valence-corrected chi connectivity index (χ0v) is 10.1. The molecule has 2 unspecified atom stereocenters. The normalized spacial score (nSPS) is 16.2. The Hall–Kier alpha value is -0.0400. The predicted molar refractivity (Wildman–Crippen MR) is 60.9 cm³/mol. The van der Waals surface area contributed by atoms with Crippen molar-refractivity contribution in [2.24, 2.45) is 17.8 Å². The van der Waals surface area contributed by atoms with Crippen LogP contribution in [0.15, 0.2) is 0 Å². The van der Waals surface area contributed by atoms with Gasteiger partial charge in [0.05, 0.1) is 0 Å². The molecule has 0 aliphatic heterocycles. The van der Waals surface area contributed by atoms with Crippen LogP contribution in [-0.4, -0.2) is 13.6 Å². The zero-order chi connectivity index (χ0) is 10.3. The molecule has 0 fully saturated rings. The second kappa shape index (κ2) is 7.37. The van der Waals surface area contributed by atoms with Crippen molar-refractivity contribution in [3.05, 3.63) is 0 Å². The Kier molecular flexibility index (Phi) is 7.35. The summed E-state index contributed by atoms with van der Waals surface area (Å²) in [4.78, 5) is 0. The molecule has 2 atom stereocenters. The van der Waals surface area contributed by atoms with Gasteiger partial charge in [-0.1, -0.05) is 47.0 Å². The fraction of sp³-hybridized carbons (Fsp3) is 1.00. The molecule has 0 bridgehead atoms. The third-order valence-electron chi connectivity index (χ3n) is 2.94. The largest absolute Gasteiger partial charge is 0.319 e. The number of nitrogens with one attached hydrogen (secondary N) is 1. The van der Waals surface area contributed by atoms with Crippen molar-refractivity contribution < 1.29 is 0 Å². The van der Waals surface area contributed by atoms with E-state index in [0.29, 0.717) is 0 Å². The Bertz CT molecular complexity index is 110. The molecule has 0 aromatic rings. The maximum Gasteiger partial charge on any atom is -0.00236 e. The van der Waals surface area contributed by atoms with Gasteiger partial charge in [-0.25, -0.2) is 0 Å². The fourth-order valence-electron chi connectivity index (χ4n) is 1.66. The molecule has 0 amide bonds. The Balaban J connectivity index is 3.43. The molecule has 0 radical (unpaired) electrons. The Labute approximate surface area is 84.3 Å². The van der Waals surface area contributed by atoms with Gasteiger partial charge in [-0.15, -0.1) is 0 Å². The lowest BCUT2D eigenvalue weighted by Crippen LogP contribution is -2.21. The van der Waals surface area contributed by atoms with Gasteiger partial charge in [-0.05, 0) is 31.3 Å². The monoisotopic (exact) mass is 185 g/mol. The summed E-state index contributed by atoms with van der Waals surface area (Å²) >= 11 is 0. The van der Waals surface area contributed by atoms with E-state index in [-0.39, 0.29) is 0 Å². The van der Waals surface area contributed by atoms with Crippen LogP contribution in [0.5, 0.6) is 0 Å². The molecule has 0 aliphatic carbocycles. The van der Waals surface area contributed by atoms with Crippen LogP contribution in [0.25, 0.3) is 0 Å². The molecule has 0 spiro atoms. The second-order valence-corrected chi connectivity index (χ2v) is 4.84. The minimum absolute atomic E-state index is 0.817. The van der Waals surface area contributed by atoms with Crippen LogP contribution < -0.4 is 5.32 Å². The van der Waals surface area contributed by atoms with Gasteiger partial charge in [0, 0.05) is 0 Å². The highest BCUT2D eigenvalue weighted by Gasteiger charge is 2.10. The molecule has 1 nitrogen and oxygen atoms in total. The summed E-state index contributed by atoms with van der Waals surface area (Å²) in [5.74, 6) is 2.55. The molecule has 0 heterocycles. The van der Waals surface area contributed by atoms with E-state index >= 15 is 0 Å². The maximum atomic E-state index is 3.25. The van der Waals surface area contributed by atoms with E-state index in [1.54, 1.807) is 0 Å². The van der Waals surface area contributed by atoms with Gasteiger partial charge in [0.25, 0.3) is 0 Å². The lowest BCUT2D eigenvalue weighted by atomic mass is 9.90. The molecule has 1 N–H and O–H groups in total. The quantitative estimate of drug-likeness (QED) is 0.641. The first-order valence-electron chi connectivity index (χ1n) is 5.72. The van der Waals surface area contributed by atoms with E-state index in [1.807, 2.05) is 7.05 Å². The summed E-state index contributed by atoms with van der Waals surface area (Å²) in [6.07, 6.45) is 4.17. The van der Waals surface area contributed by atoms with Gasteiger partial charge in [-0.2, -0.15) is 0 Å². The van der Waals surface area contributed by atoms with Crippen molar-refractivity contribution >= 4 is 0 Å². The topological polar surface area (TPSA) is 12.0 Å². The van der Waals surface area contributed by atoms with Gasteiger partial charge in [0.2, 0.25) is 0 Å². The standard InChI is InChI=1S/C12H27N/c1-10(2)7-6-8-11(3)12(4)9-13-5/h10-13H,6-9H2,1-5H3. The van der Waals surface area contributed by atoms with Crippen molar-refractivity contribution in [2.75, 3.05) is 13.6 Å². The van der Waals surface area contributed by atoms with Crippen LogP contribution in [0.3, 0.4) is 0 Å². The molecule has 80 valence electrons. The summed E-state index contributed by atoms with van der Waals surface area (Å²) in [6, 6.07) is 0. The van der Waals surface area contributed by atoms with Gasteiger partial charge in [0.15, 0.2) is 0 Å². The van der Waals surface area contributed by atoms with Gasteiger partial charge in [0.1, 0.15) is 0 Å². The molecule has 0 saturated carbocycles. The maximum absolute atomic E-state index is 3.25. The summed E-state index contributed by atoms with van der Waals surface area (Å²) in [5, 5.41) is 3.25. The molecule has 0 aromatic heterocycles. The van der Waals surface area contributed by atoms with Gasteiger partial charge in [-0.3, -0.25) is 0 Å². The molecule has 0 rings (SSSR count). The average molecular weight is 185 g/mol. The lowest BCUT2D eigenvalue weighted by Gasteiger charge is -2.19. The molecule has 0 aromatic carbocycles. The van der Waals surface area contributed by atoms with Crippen LogP contribution in [-0.2, 0) is 0 Å². The predicted octanol–water partition coefficient (Wildman–Crippen LogP) is 3.30. The summed E-state index contributed by atoms with van der Waals surface area (Å²) in [5.41, 5.74) is 0. The van der Waals surface area contributed by atoms with Gasteiger partial charge < -0.3 is 5.32 Å². The van der Waals surface area contributed by atoms with E-state index in [2.05, 4.69) is 33.0 Å². The van der Waals surface area contributed by atoms with E-state index < -0.39 is 0 Å². The van der Waals surface area contributed by atoms with Crippen molar-refractivity contribution in [1.29, 1.82) is 0 Å². The van der Waals surface area contributed by atoms with E-state index in [9.17, 15) is 0 Å². The van der Waals surface area contributed by atoms with E-state index in [1.165, 1.54) is 19.3 Å². The second-order valence-electron chi connectivity index (χ2n) is 4.84. The van der Waals surface area contributed by atoms with Crippen molar-refractivity contribution in [2.45, 2.75) is 47.0 Å². The first-order valence-corrected chi connectivity index (χ1v) is 5.72. The molecule has 0 aliphatic rings. The highest BCUT2D eigenvalue weighted by Crippen LogP contribution is 2.18. The van der Waals surface area contributed by atoms with Gasteiger partial charge >= 0.3 is 0 Å². The summed E-state index contributed by atoms with van der Waals surface area (Å²) in [7, 11) is 2.04. The van der Waals surface area contributed by atoms with E-state index in [4.69, 9.17) is 0 Å². The smallest absolute Gasteiger partial charge is 0.00236 e. The zero-order valence-electron chi connectivity index (χ0n) is 10.1. The van der Waals surface area contributed by atoms with Crippen molar-refractivity contribution in [3.63, 3.8) is 0 Å². The van der Waals surface area contributed by atoms with Crippen molar-refractivity contribution in [3.8, 4) is 0 Å². The highest BCUT2D eigenvalue weighted by molar-refractivity contribution is 4.64. The Morgan fingerprint density at radius 1 is 0.923 bits per heavy atom. The molecule has 13 heavy (non-hydrogen) atoms. The summed E-state index contributed by atoms with van der Waals surface area (Å²) in [6.45, 7) is 10.5. The number of hydrogen-bond acceptors (Lipinski definition) is 1. The highest BCUT2D eigenvalue weighted by atomic mass is 14.8. The van der Waals surface area contributed by atoms with Crippen LogP contribution in [0.2, 0.25) is 0 Å². The number of hydrogen-bond donors (Lipinski definition) is 1. The first-order chi connectivity index (χ1) is 6.07. The lowest BCUT2D eigenvalue weighted by molar-refractivity contribution is 0.337. The SMILES string of the molecule is CNCC(C)C(C)CCCC(C)C. The number of rotatable bonds is 7. The molecular weight excluding hydrogens is 158 g/mol. The summed E-state index contributed by atoms with van der Waals surface area (Å²) < 4.78 is 0. The van der Waals surface area contributed by atoms with E-state index in [0.717, 1.165) is 24.3 Å². The Morgan fingerprint density at radius 2 is 1.54 bits per heavy atom. The van der Waals surface area contributed by atoms with Crippen LogP contribution in [0.1, 0.15) is 47.0 Å². The minimum atomic E-state index is 0.817.